The van der Waals surface area contributed by atoms with Gasteiger partial charge in [-0.2, -0.15) is 0 Å². The van der Waals surface area contributed by atoms with Crippen molar-refractivity contribution >= 4 is 17.8 Å². The van der Waals surface area contributed by atoms with Gasteiger partial charge in [0, 0.05) is 26.3 Å². The molecule has 1 unspecified atom stereocenters. The summed E-state index contributed by atoms with van der Waals surface area (Å²) in [5, 5.41) is 11.4. The number of carbonyl (C=O) groups is 3. The molecule has 0 bridgehead atoms. The Hall–Kier alpha value is -2.44. The van der Waals surface area contributed by atoms with Crippen LogP contribution in [0, 0.1) is 5.41 Å². The molecule has 1 aromatic rings. The Labute approximate surface area is 122 Å². The maximum absolute atomic E-state index is 12.3. The molecule has 7 nitrogen and oxygen atoms in total. The predicted octanol–water partition coefficient (Wildman–Crippen LogP) is 0.378. The number of carbonyl (C=O) groups excluding carboxylic acids is 2. The molecular weight excluding hydrogens is 274 g/mol. The molecule has 0 aromatic carbocycles. The van der Waals surface area contributed by atoms with E-state index in [1.807, 2.05) is 6.92 Å². The van der Waals surface area contributed by atoms with Gasteiger partial charge in [-0.1, -0.05) is 0 Å². The lowest BCUT2D eigenvalue weighted by atomic mass is 9.89. The van der Waals surface area contributed by atoms with Crippen LogP contribution in [-0.4, -0.2) is 52.9 Å². The van der Waals surface area contributed by atoms with Crippen LogP contribution in [0.5, 0.6) is 0 Å². The maximum Gasteiger partial charge on any atom is 0.337 e. The van der Waals surface area contributed by atoms with Gasteiger partial charge in [-0.3, -0.25) is 14.6 Å². The maximum atomic E-state index is 12.3. The van der Waals surface area contributed by atoms with Gasteiger partial charge < -0.3 is 15.3 Å². The first kappa shape index (κ1) is 15.0. The average molecular weight is 291 g/mol. The Morgan fingerprint density at radius 3 is 2.62 bits per heavy atom. The number of carboxylic acid groups (broad SMARTS) is 1. The van der Waals surface area contributed by atoms with Crippen LogP contribution >= 0.6 is 0 Å². The number of nitrogens with one attached hydrogen (secondary N) is 1. The van der Waals surface area contributed by atoms with Crippen molar-refractivity contribution in [2.24, 2.45) is 5.41 Å². The van der Waals surface area contributed by atoms with Crippen molar-refractivity contribution in [3.8, 4) is 0 Å². The first-order valence-electron chi connectivity index (χ1n) is 6.58. The van der Waals surface area contributed by atoms with Crippen LogP contribution < -0.4 is 5.32 Å². The van der Waals surface area contributed by atoms with Crippen LogP contribution in [-0.2, 0) is 4.79 Å². The van der Waals surface area contributed by atoms with Crippen molar-refractivity contribution in [1.82, 2.24) is 15.2 Å². The Kier molecular flexibility index (Phi) is 3.93. The van der Waals surface area contributed by atoms with Gasteiger partial charge in [-0.05, 0) is 25.5 Å². The highest BCUT2D eigenvalue weighted by atomic mass is 16.4. The zero-order chi connectivity index (χ0) is 15.6. The smallest absolute Gasteiger partial charge is 0.337 e. The zero-order valence-corrected chi connectivity index (χ0v) is 11.9. The van der Waals surface area contributed by atoms with E-state index in [0.717, 1.165) is 6.20 Å². The number of pyridine rings is 1. The molecule has 1 aliphatic heterocycles. The Morgan fingerprint density at radius 2 is 2.10 bits per heavy atom. The summed E-state index contributed by atoms with van der Waals surface area (Å²) in [6.45, 7) is 2.62. The molecule has 2 rings (SSSR count). The molecule has 1 fully saturated rings. The van der Waals surface area contributed by atoms with E-state index in [0.29, 0.717) is 19.5 Å². The normalized spacial score (nSPS) is 21.1. The summed E-state index contributed by atoms with van der Waals surface area (Å²) in [5.41, 5.74) is -0.380. The fraction of sp³-hybridized carbons (Fsp3) is 0.429. The standard InChI is InChI=1S/C14H17N3O4/c1-14(13(21)15-2)5-6-17(8-14)11(18)10-4-3-9(7-16-10)12(19)20/h3-4,7H,5-6,8H2,1-2H3,(H,15,21)(H,19,20). The van der Waals surface area contributed by atoms with E-state index < -0.39 is 11.4 Å². The summed E-state index contributed by atoms with van der Waals surface area (Å²) < 4.78 is 0. The fourth-order valence-corrected chi connectivity index (χ4v) is 2.43. The highest BCUT2D eigenvalue weighted by Gasteiger charge is 2.41. The second-order valence-electron chi connectivity index (χ2n) is 5.35. The molecule has 7 heteroatoms. The second-order valence-corrected chi connectivity index (χ2v) is 5.35. The number of amides is 2. The summed E-state index contributed by atoms with van der Waals surface area (Å²) in [6.07, 6.45) is 1.75. The van der Waals surface area contributed by atoms with Gasteiger partial charge in [-0.15, -0.1) is 0 Å². The van der Waals surface area contributed by atoms with Crippen LogP contribution in [0.2, 0.25) is 0 Å². The Balaban J connectivity index is 2.11. The summed E-state index contributed by atoms with van der Waals surface area (Å²) in [4.78, 5) is 40.3. The molecular formula is C14H17N3O4. The molecule has 2 N–H and O–H groups in total. The molecule has 1 atom stereocenters. The van der Waals surface area contributed by atoms with Crippen molar-refractivity contribution in [1.29, 1.82) is 0 Å². The lowest BCUT2D eigenvalue weighted by Crippen LogP contribution is -2.40. The van der Waals surface area contributed by atoms with Gasteiger partial charge in [0.05, 0.1) is 11.0 Å². The monoisotopic (exact) mass is 291 g/mol. The molecule has 112 valence electrons. The van der Waals surface area contributed by atoms with E-state index in [4.69, 9.17) is 5.11 Å². The van der Waals surface area contributed by atoms with E-state index in [2.05, 4.69) is 10.3 Å². The van der Waals surface area contributed by atoms with Crippen molar-refractivity contribution < 1.29 is 19.5 Å². The van der Waals surface area contributed by atoms with E-state index >= 15 is 0 Å². The third-order valence-corrected chi connectivity index (χ3v) is 3.77. The molecule has 1 aromatic heterocycles. The van der Waals surface area contributed by atoms with E-state index in [9.17, 15) is 14.4 Å². The average Bonchev–Trinajstić information content (AvgIpc) is 2.89. The second kappa shape index (κ2) is 5.51. The van der Waals surface area contributed by atoms with E-state index in [-0.39, 0.29) is 23.1 Å². The molecule has 2 amide bonds. The number of rotatable bonds is 3. The largest absolute Gasteiger partial charge is 0.478 e. The van der Waals surface area contributed by atoms with Crippen molar-refractivity contribution in [2.75, 3.05) is 20.1 Å². The molecule has 0 saturated carbocycles. The third-order valence-electron chi connectivity index (χ3n) is 3.77. The topological polar surface area (TPSA) is 99.6 Å². The minimum Gasteiger partial charge on any atom is -0.478 e. The predicted molar refractivity (Wildman–Crippen MR) is 73.9 cm³/mol. The van der Waals surface area contributed by atoms with Crippen molar-refractivity contribution in [2.45, 2.75) is 13.3 Å². The minimum absolute atomic E-state index is 0.0307. The number of carboxylic acids is 1. The molecule has 0 radical (unpaired) electrons. The summed E-state index contributed by atoms with van der Waals surface area (Å²) in [6, 6.07) is 2.73. The highest BCUT2D eigenvalue weighted by Crippen LogP contribution is 2.30. The van der Waals surface area contributed by atoms with Gasteiger partial charge in [0.2, 0.25) is 5.91 Å². The lowest BCUT2D eigenvalue weighted by molar-refractivity contribution is -0.128. The highest BCUT2D eigenvalue weighted by molar-refractivity contribution is 5.94. The minimum atomic E-state index is -1.09. The summed E-state index contributed by atoms with van der Waals surface area (Å²) >= 11 is 0. The van der Waals surface area contributed by atoms with Crippen LogP contribution in [0.25, 0.3) is 0 Å². The van der Waals surface area contributed by atoms with Gasteiger partial charge >= 0.3 is 5.97 Å². The van der Waals surface area contributed by atoms with Gasteiger partial charge in [0.1, 0.15) is 5.69 Å². The molecule has 2 heterocycles. The zero-order valence-electron chi connectivity index (χ0n) is 11.9. The van der Waals surface area contributed by atoms with Crippen LogP contribution in [0.1, 0.15) is 34.2 Å². The lowest BCUT2D eigenvalue weighted by Gasteiger charge is -2.22. The molecule has 0 spiro atoms. The van der Waals surface area contributed by atoms with Crippen LogP contribution in [0.4, 0.5) is 0 Å². The first-order chi connectivity index (χ1) is 9.87. The quantitative estimate of drug-likeness (QED) is 0.838. The van der Waals surface area contributed by atoms with Crippen LogP contribution in [0.15, 0.2) is 18.3 Å². The van der Waals surface area contributed by atoms with Crippen molar-refractivity contribution in [3.05, 3.63) is 29.6 Å². The summed E-state index contributed by atoms with van der Waals surface area (Å²) in [7, 11) is 1.57. The van der Waals surface area contributed by atoms with E-state index in [1.54, 1.807) is 11.9 Å². The van der Waals surface area contributed by atoms with E-state index in [1.165, 1.54) is 12.1 Å². The first-order valence-corrected chi connectivity index (χ1v) is 6.58. The van der Waals surface area contributed by atoms with Gasteiger partial charge in [0.25, 0.3) is 5.91 Å². The summed E-state index contributed by atoms with van der Waals surface area (Å²) in [5.74, 6) is -1.47. The van der Waals surface area contributed by atoms with Gasteiger partial charge in [0.15, 0.2) is 0 Å². The molecule has 1 saturated heterocycles. The SMILES string of the molecule is CNC(=O)C1(C)CCN(C(=O)c2ccc(C(=O)O)cn2)C1. The van der Waals surface area contributed by atoms with Crippen LogP contribution in [0.3, 0.4) is 0 Å². The third kappa shape index (κ3) is 2.86. The number of aromatic carboxylic acids is 1. The Bertz CT molecular complexity index is 584. The van der Waals surface area contributed by atoms with Crippen molar-refractivity contribution in [3.63, 3.8) is 0 Å². The molecule has 1 aliphatic rings. The molecule has 0 aliphatic carbocycles. The molecule has 21 heavy (non-hydrogen) atoms. The Morgan fingerprint density at radius 1 is 1.38 bits per heavy atom. The number of aromatic nitrogens is 1. The number of likely N-dealkylation sites (tertiary alicyclic amines) is 1. The van der Waals surface area contributed by atoms with Gasteiger partial charge in [-0.25, -0.2) is 4.79 Å². The number of hydrogen-bond donors (Lipinski definition) is 2. The number of hydrogen-bond acceptors (Lipinski definition) is 4. The fourth-order valence-electron chi connectivity index (χ4n) is 2.43. The number of nitrogens with zero attached hydrogens (tertiary/aromatic N) is 2.